The van der Waals surface area contributed by atoms with Crippen molar-refractivity contribution < 1.29 is 19.1 Å². The van der Waals surface area contributed by atoms with Gasteiger partial charge in [-0.3, -0.25) is 14.4 Å². The van der Waals surface area contributed by atoms with Crippen LogP contribution in [0, 0.1) is 6.92 Å². The molecule has 6 nitrogen and oxygen atoms in total. The first-order valence-electron chi connectivity index (χ1n) is 11.7. The van der Waals surface area contributed by atoms with Crippen molar-refractivity contribution in [1.82, 2.24) is 5.32 Å². The molecule has 0 radical (unpaired) electrons. The van der Waals surface area contributed by atoms with Gasteiger partial charge in [-0.25, -0.2) is 0 Å². The first-order valence-corrected chi connectivity index (χ1v) is 12.1. The van der Waals surface area contributed by atoms with Gasteiger partial charge < -0.3 is 15.4 Å². The Labute approximate surface area is 216 Å². The van der Waals surface area contributed by atoms with Gasteiger partial charge >= 0.3 is 5.97 Å². The van der Waals surface area contributed by atoms with Gasteiger partial charge in [0.15, 0.2) is 5.78 Å². The summed E-state index contributed by atoms with van der Waals surface area (Å²) in [4.78, 5) is 36.2. The number of carbonyl (C=O) groups is 3. The fraction of sp³-hybridized carbons (Fsp3) is 0.207. The number of benzene rings is 3. The maximum Gasteiger partial charge on any atom is 0.306 e. The number of ether oxygens (including phenoxy) is 1. The number of hydrogen-bond donors (Lipinski definition) is 2. The van der Waals surface area contributed by atoms with E-state index in [-0.39, 0.29) is 30.5 Å². The Kier molecular flexibility index (Phi) is 9.83. The molecule has 0 fully saturated rings. The van der Waals surface area contributed by atoms with E-state index in [1.807, 2.05) is 67.6 Å². The van der Waals surface area contributed by atoms with E-state index in [4.69, 9.17) is 16.3 Å². The average molecular weight is 505 g/mol. The molecule has 0 aliphatic carbocycles. The van der Waals surface area contributed by atoms with Gasteiger partial charge in [0.1, 0.15) is 0 Å². The molecule has 0 aliphatic heterocycles. The SMILES string of the molecule is CCOC(=O)CCC(=O)NCC=Cc1ccccc1Nc1ccc(C(=O)c2ccccc2C)c(Cl)c1. The van der Waals surface area contributed by atoms with Crippen LogP contribution in [-0.2, 0) is 14.3 Å². The molecule has 2 N–H and O–H groups in total. The van der Waals surface area contributed by atoms with Crippen LogP contribution in [0.1, 0.15) is 46.8 Å². The van der Waals surface area contributed by atoms with Crippen molar-refractivity contribution in [1.29, 1.82) is 0 Å². The number of nitrogens with one attached hydrogen (secondary N) is 2. The number of para-hydroxylation sites is 1. The Balaban J connectivity index is 1.62. The molecule has 36 heavy (non-hydrogen) atoms. The second-order valence-corrected chi connectivity index (χ2v) is 8.47. The standard InChI is InChI=1S/C29H29ClN2O4/c1-3-36-28(34)17-16-27(33)31-18-8-11-21-10-5-7-13-26(21)32-22-14-15-24(25(30)19-22)29(35)23-12-6-4-9-20(23)2/h4-15,19,32H,3,16-18H2,1-2H3,(H,31,33). The molecule has 0 saturated carbocycles. The predicted octanol–water partition coefficient (Wildman–Crippen LogP) is 6.10. The molecule has 3 aromatic carbocycles. The zero-order valence-electron chi connectivity index (χ0n) is 20.3. The average Bonchev–Trinajstić information content (AvgIpc) is 2.86. The lowest BCUT2D eigenvalue weighted by molar-refractivity contribution is -0.144. The summed E-state index contributed by atoms with van der Waals surface area (Å²) in [5, 5.41) is 6.46. The Morgan fingerprint density at radius 3 is 2.44 bits per heavy atom. The second kappa shape index (κ2) is 13.3. The van der Waals surface area contributed by atoms with E-state index >= 15 is 0 Å². The van der Waals surface area contributed by atoms with Crippen molar-refractivity contribution in [2.75, 3.05) is 18.5 Å². The first-order chi connectivity index (χ1) is 17.4. The van der Waals surface area contributed by atoms with Crippen LogP contribution in [0.25, 0.3) is 6.08 Å². The number of ketones is 1. The fourth-order valence-electron chi connectivity index (χ4n) is 3.56. The maximum absolute atomic E-state index is 12.9. The van der Waals surface area contributed by atoms with E-state index in [0.717, 1.165) is 22.5 Å². The van der Waals surface area contributed by atoms with Crippen LogP contribution in [0.3, 0.4) is 0 Å². The van der Waals surface area contributed by atoms with Crippen LogP contribution in [0.5, 0.6) is 0 Å². The lowest BCUT2D eigenvalue weighted by Crippen LogP contribution is -2.24. The molecule has 0 unspecified atom stereocenters. The van der Waals surface area contributed by atoms with Crippen LogP contribution in [0.4, 0.5) is 11.4 Å². The molecule has 3 aromatic rings. The van der Waals surface area contributed by atoms with E-state index in [1.54, 1.807) is 25.1 Å². The topological polar surface area (TPSA) is 84.5 Å². The van der Waals surface area contributed by atoms with Gasteiger partial charge in [-0.15, -0.1) is 0 Å². The highest BCUT2D eigenvalue weighted by Crippen LogP contribution is 2.28. The number of anilines is 2. The molecule has 0 saturated heterocycles. The Bertz CT molecular complexity index is 1270. The maximum atomic E-state index is 12.9. The first kappa shape index (κ1) is 26.7. The minimum absolute atomic E-state index is 0.0635. The third-order valence-corrected chi connectivity index (χ3v) is 5.73. The van der Waals surface area contributed by atoms with Crippen molar-refractivity contribution in [2.24, 2.45) is 0 Å². The highest BCUT2D eigenvalue weighted by atomic mass is 35.5. The van der Waals surface area contributed by atoms with Gasteiger partial charge in [0.25, 0.3) is 0 Å². The molecule has 1 amide bonds. The quantitative estimate of drug-likeness (QED) is 0.243. The molecule has 0 aromatic heterocycles. The van der Waals surface area contributed by atoms with Gasteiger partial charge in [-0.05, 0) is 49.2 Å². The summed E-state index contributed by atoms with van der Waals surface area (Å²) < 4.78 is 4.82. The van der Waals surface area contributed by atoms with E-state index in [2.05, 4.69) is 10.6 Å². The molecule has 0 spiro atoms. The number of hydrogen-bond acceptors (Lipinski definition) is 5. The van der Waals surface area contributed by atoms with Crippen molar-refractivity contribution >= 4 is 46.7 Å². The number of esters is 1. The monoisotopic (exact) mass is 504 g/mol. The van der Waals surface area contributed by atoms with Gasteiger partial charge in [-0.2, -0.15) is 0 Å². The lowest BCUT2D eigenvalue weighted by atomic mass is 9.99. The summed E-state index contributed by atoms with van der Waals surface area (Å²) >= 11 is 6.48. The minimum Gasteiger partial charge on any atom is -0.466 e. The lowest BCUT2D eigenvalue weighted by Gasteiger charge is -2.12. The third kappa shape index (κ3) is 7.55. The zero-order chi connectivity index (χ0) is 25.9. The number of carbonyl (C=O) groups excluding carboxylic acids is 3. The summed E-state index contributed by atoms with van der Waals surface area (Å²) in [7, 11) is 0. The van der Waals surface area contributed by atoms with Gasteiger partial charge in [0.2, 0.25) is 5.91 Å². The number of aryl methyl sites for hydroxylation is 1. The molecule has 0 heterocycles. The van der Waals surface area contributed by atoms with Crippen LogP contribution < -0.4 is 10.6 Å². The highest BCUT2D eigenvalue weighted by molar-refractivity contribution is 6.35. The summed E-state index contributed by atoms with van der Waals surface area (Å²) in [6.45, 7) is 4.26. The van der Waals surface area contributed by atoms with E-state index in [0.29, 0.717) is 29.3 Å². The van der Waals surface area contributed by atoms with Gasteiger partial charge in [0, 0.05) is 35.5 Å². The zero-order valence-corrected chi connectivity index (χ0v) is 21.1. The van der Waals surface area contributed by atoms with E-state index < -0.39 is 0 Å². The Hall–Kier alpha value is -3.90. The summed E-state index contributed by atoms with van der Waals surface area (Å²) in [5.74, 6) is -0.706. The van der Waals surface area contributed by atoms with Crippen molar-refractivity contribution in [3.63, 3.8) is 0 Å². The Morgan fingerprint density at radius 2 is 1.69 bits per heavy atom. The van der Waals surface area contributed by atoms with Crippen LogP contribution in [0.2, 0.25) is 5.02 Å². The smallest absolute Gasteiger partial charge is 0.306 e. The fourth-order valence-corrected chi connectivity index (χ4v) is 3.82. The Morgan fingerprint density at radius 1 is 0.944 bits per heavy atom. The largest absolute Gasteiger partial charge is 0.466 e. The molecule has 0 atom stereocenters. The molecular weight excluding hydrogens is 476 g/mol. The van der Waals surface area contributed by atoms with Crippen LogP contribution in [0.15, 0.2) is 72.8 Å². The highest BCUT2D eigenvalue weighted by Gasteiger charge is 2.15. The number of rotatable bonds is 11. The molecular formula is C29H29ClN2O4. The summed E-state index contributed by atoms with van der Waals surface area (Å²) in [6.07, 6.45) is 3.88. The predicted molar refractivity (Wildman–Crippen MR) is 144 cm³/mol. The molecule has 0 aliphatic rings. The van der Waals surface area contributed by atoms with Crippen molar-refractivity contribution in [3.05, 3.63) is 100 Å². The third-order valence-electron chi connectivity index (χ3n) is 5.42. The van der Waals surface area contributed by atoms with Crippen LogP contribution >= 0.6 is 11.6 Å². The normalized spacial score (nSPS) is 10.8. The molecule has 3 rings (SSSR count). The second-order valence-electron chi connectivity index (χ2n) is 8.06. The summed E-state index contributed by atoms with van der Waals surface area (Å²) in [5.41, 5.74) is 4.48. The van der Waals surface area contributed by atoms with E-state index in [1.165, 1.54) is 0 Å². The van der Waals surface area contributed by atoms with Gasteiger partial charge in [0.05, 0.1) is 18.1 Å². The number of amides is 1. The van der Waals surface area contributed by atoms with Crippen molar-refractivity contribution in [3.8, 4) is 0 Å². The van der Waals surface area contributed by atoms with Crippen molar-refractivity contribution in [2.45, 2.75) is 26.7 Å². The molecule has 186 valence electrons. The molecule has 7 heteroatoms. The minimum atomic E-state index is -0.379. The van der Waals surface area contributed by atoms with E-state index in [9.17, 15) is 14.4 Å². The molecule has 0 bridgehead atoms. The van der Waals surface area contributed by atoms with Crippen LogP contribution in [-0.4, -0.2) is 30.8 Å². The number of halogens is 1. The summed E-state index contributed by atoms with van der Waals surface area (Å²) in [6, 6.07) is 20.4. The van der Waals surface area contributed by atoms with Gasteiger partial charge in [-0.1, -0.05) is 66.2 Å².